The van der Waals surface area contributed by atoms with Crippen LogP contribution in [0, 0.1) is 0 Å². The maximum Gasteiger partial charge on any atom is 0.254 e. The Morgan fingerprint density at radius 3 is 2.87 bits per heavy atom. The molecular weight excluding hydrogens is 310 g/mol. The van der Waals surface area contributed by atoms with E-state index in [9.17, 15) is 9.90 Å². The quantitative estimate of drug-likeness (QED) is 0.756. The number of nitrogens with zero attached hydrogens (tertiary/aromatic N) is 1. The first-order valence-corrected chi connectivity index (χ1v) is 8.28. The largest absolute Gasteiger partial charge is 0.496 e. The third-order valence-corrected chi connectivity index (χ3v) is 4.34. The summed E-state index contributed by atoms with van der Waals surface area (Å²) in [7, 11) is 1.61. The molecule has 4 nitrogen and oxygen atoms in total. The zero-order valence-electron chi connectivity index (χ0n) is 13.2. The van der Waals surface area contributed by atoms with Crippen molar-refractivity contribution in [1.82, 2.24) is 4.90 Å². The number of carbonyl (C=O) groups excluding carboxylic acids is 1. The number of ether oxygens (including phenoxy) is 1. The van der Waals surface area contributed by atoms with Crippen molar-refractivity contribution in [1.29, 1.82) is 0 Å². The van der Waals surface area contributed by atoms with Crippen molar-refractivity contribution in [2.24, 2.45) is 0 Å². The lowest BCUT2D eigenvalue weighted by Crippen LogP contribution is -2.32. The van der Waals surface area contributed by atoms with Gasteiger partial charge in [0.15, 0.2) is 0 Å². The van der Waals surface area contributed by atoms with E-state index in [1.54, 1.807) is 41.6 Å². The van der Waals surface area contributed by atoms with E-state index in [1.165, 1.54) is 0 Å². The fraction of sp³-hybridized carbons (Fsp3) is 0.278. The van der Waals surface area contributed by atoms with Crippen LogP contribution in [0.3, 0.4) is 0 Å². The summed E-state index contributed by atoms with van der Waals surface area (Å²) in [6, 6.07) is 9.33. The average molecular weight is 331 g/mol. The molecule has 0 aliphatic carbocycles. The van der Waals surface area contributed by atoms with Crippen LogP contribution in [-0.2, 0) is 13.0 Å². The Hall–Kier alpha value is -2.11. The summed E-state index contributed by atoms with van der Waals surface area (Å²) in [4.78, 5) is 15.5. The summed E-state index contributed by atoms with van der Waals surface area (Å²) < 4.78 is 5.31. The molecule has 0 aliphatic heterocycles. The molecule has 0 radical (unpaired) electrons. The normalized spacial score (nSPS) is 10.3. The molecule has 1 N–H and O–H groups in total. The van der Waals surface area contributed by atoms with Crippen LogP contribution in [0.5, 0.6) is 5.75 Å². The van der Waals surface area contributed by atoms with E-state index in [2.05, 4.69) is 6.58 Å². The Balaban J connectivity index is 2.24. The number of aliphatic hydroxyl groups is 1. The number of benzene rings is 1. The molecule has 1 heterocycles. The van der Waals surface area contributed by atoms with Crippen LogP contribution in [0.15, 0.2) is 48.4 Å². The zero-order chi connectivity index (χ0) is 16.7. The van der Waals surface area contributed by atoms with Crippen LogP contribution >= 0.6 is 11.3 Å². The predicted octanol–water partition coefficient (Wildman–Crippen LogP) is 3.12. The predicted molar refractivity (Wildman–Crippen MR) is 93.0 cm³/mol. The number of aliphatic hydroxyl groups excluding tert-OH is 1. The minimum atomic E-state index is -0.0968. The highest BCUT2D eigenvalue weighted by Crippen LogP contribution is 2.22. The van der Waals surface area contributed by atoms with Gasteiger partial charge in [-0.3, -0.25) is 4.79 Å². The minimum Gasteiger partial charge on any atom is -0.496 e. The summed E-state index contributed by atoms with van der Waals surface area (Å²) >= 11 is 1.60. The molecule has 23 heavy (non-hydrogen) atoms. The summed E-state index contributed by atoms with van der Waals surface area (Å²) in [5.74, 6) is 0.647. The van der Waals surface area contributed by atoms with Gasteiger partial charge in [-0.2, -0.15) is 0 Å². The third-order valence-electron chi connectivity index (χ3n) is 3.48. The van der Waals surface area contributed by atoms with Crippen molar-refractivity contribution in [3.8, 4) is 5.75 Å². The Bertz CT molecular complexity index is 652. The molecule has 5 heteroatoms. The molecule has 0 unspecified atom stereocenters. The maximum atomic E-state index is 12.8. The number of allylic oxidation sites excluding steroid dienone is 1. The number of thiophene rings is 1. The SMILES string of the molecule is C=CCc1cc(C(=O)N(CCO)Cc2cccs2)ccc1OC. The molecule has 0 spiro atoms. The first-order chi connectivity index (χ1) is 11.2. The number of methoxy groups -OCH3 is 1. The van der Waals surface area contributed by atoms with Crippen LogP contribution < -0.4 is 4.74 Å². The molecule has 1 aromatic carbocycles. The minimum absolute atomic E-state index is 0.0627. The fourth-order valence-corrected chi connectivity index (χ4v) is 3.09. The number of hydrogen-bond donors (Lipinski definition) is 1. The van der Waals surface area contributed by atoms with E-state index in [1.807, 2.05) is 23.6 Å². The van der Waals surface area contributed by atoms with Crippen LogP contribution in [-0.4, -0.2) is 36.2 Å². The second kappa shape index (κ2) is 8.50. The number of carbonyl (C=O) groups is 1. The first kappa shape index (κ1) is 17.2. The summed E-state index contributed by atoms with van der Waals surface area (Å²) in [5.41, 5.74) is 1.51. The third kappa shape index (κ3) is 4.43. The van der Waals surface area contributed by atoms with Gasteiger partial charge in [0.2, 0.25) is 0 Å². The second-order valence-corrected chi connectivity index (χ2v) is 6.08. The van der Waals surface area contributed by atoms with Crippen molar-refractivity contribution in [3.05, 3.63) is 64.4 Å². The van der Waals surface area contributed by atoms with Crippen LogP contribution in [0.25, 0.3) is 0 Å². The van der Waals surface area contributed by atoms with Crippen LogP contribution in [0.1, 0.15) is 20.8 Å². The summed E-state index contributed by atoms with van der Waals surface area (Å²) in [6.07, 6.45) is 2.42. The van der Waals surface area contributed by atoms with Gasteiger partial charge in [0.05, 0.1) is 20.3 Å². The van der Waals surface area contributed by atoms with Crippen molar-refractivity contribution >= 4 is 17.2 Å². The number of rotatable bonds is 8. The molecule has 0 aliphatic rings. The molecule has 1 amide bonds. The second-order valence-electron chi connectivity index (χ2n) is 5.05. The van der Waals surface area contributed by atoms with E-state index < -0.39 is 0 Å². The van der Waals surface area contributed by atoms with Gasteiger partial charge in [-0.05, 0) is 41.6 Å². The highest BCUT2D eigenvalue weighted by molar-refractivity contribution is 7.09. The van der Waals surface area contributed by atoms with Gasteiger partial charge in [0.1, 0.15) is 5.75 Å². The van der Waals surface area contributed by atoms with E-state index >= 15 is 0 Å². The molecule has 122 valence electrons. The molecule has 0 atom stereocenters. The lowest BCUT2D eigenvalue weighted by molar-refractivity contribution is 0.0709. The highest BCUT2D eigenvalue weighted by Gasteiger charge is 2.17. The van der Waals surface area contributed by atoms with E-state index in [-0.39, 0.29) is 12.5 Å². The van der Waals surface area contributed by atoms with Crippen molar-refractivity contribution in [3.63, 3.8) is 0 Å². The van der Waals surface area contributed by atoms with Crippen molar-refractivity contribution < 1.29 is 14.6 Å². The van der Waals surface area contributed by atoms with E-state index in [4.69, 9.17) is 4.74 Å². The smallest absolute Gasteiger partial charge is 0.254 e. The molecule has 0 fully saturated rings. The van der Waals surface area contributed by atoms with Gasteiger partial charge < -0.3 is 14.7 Å². The summed E-state index contributed by atoms with van der Waals surface area (Å²) in [5, 5.41) is 11.2. The fourth-order valence-electron chi connectivity index (χ4n) is 2.37. The Kier molecular flexibility index (Phi) is 6.38. The van der Waals surface area contributed by atoms with Gasteiger partial charge in [0.25, 0.3) is 5.91 Å². The molecule has 0 saturated carbocycles. The first-order valence-electron chi connectivity index (χ1n) is 7.40. The standard InChI is InChI=1S/C18H21NO3S/c1-3-5-14-12-15(7-8-17(14)22-2)18(21)19(9-10-20)13-16-6-4-11-23-16/h3-4,6-8,11-12,20H,1,5,9-10,13H2,2H3. The van der Waals surface area contributed by atoms with Gasteiger partial charge in [0, 0.05) is 17.0 Å². The monoisotopic (exact) mass is 331 g/mol. The van der Waals surface area contributed by atoms with Crippen LogP contribution in [0.2, 0.25) is 0 Å². The number of amides is 1. The molecule has 2 rings (SSSR count). The van der Waals surface area contributed by atoms with Crippen molar-refractivity contribution in [2.75, 3.05) is 20.3 Å². The molecule has 1 aromatic heterocycles. The van der Waals surface area contributed by atoms with Gasteiger partial charge >= 0.3 is 0 Å². The molecule has 2 aromatic rings. The van der Waals surface area contributed by atoms with Gasteiger partial charge in [-0.1, -0.05) is 12.1 Å². The molecule has 0 saturated heterocycles. The zero-order valence-corrected chi connectivity index (χ0v) is 14.0. The number of hydrogen-bond acceptors (Lipinski definition) is 4. The lowest BCUT2D eigenvalue weighted by atomic mass is 10.1. The summed E-state index contributed by atoms with van der Waals surface area (Å²) in [6.45, 7) is 4.48. The Morgan fingerprint density at radius 2 is 2.26 bits per heavy atom. The lowest BCUT2D eigenvalue weighted by Gasteiger charge is -2.22. The Morgan fingerprint density at radius 1 is 1.43 bits per heavy atom. The molecule has 0 bridgehead atoms. The van der Waals surface area contributed by atoms with Gasteiger partial charge in [-0.25, -0.2) is 0 Å². The molecular formula is C18H21NO3S. The average Bonchev–Trinajstić information content (AvgIpc) is 3.07. The van der Waals surface area contributed by atoms with E-state index in [0.717, 1.165) is 16.2 Å². The topological polar surface area (TPSA) is 49.8 Å². The van der Waals surface area contributed by atoms with Crippen molar-refractivity contribution in [2.45, 2.75) is 13.0 Å². The van der Waals surface area contributed by atoms with E-state index in [0.29, 0.717) is 25.1 Å². The van der Waals surface area contributed by atoms with Gasteiger partial charge in [-0.15, -0.1) is 17.9 Å². The Labute approximate surface area is 140 Å². The highest BCUT2D eigenvalue weighted by atomic mass is 32.1. The van der Waals surface area contributed by atoms with Crippen LogP contribution in [0.4, 0.5) is 0 Å². The maximum absolute atomic E-state index is 12.8.